The number of thiophene rings is 1. The fraction of sp³-hybridized carbons (Fsp3) is 0.450. The Labute approximate surface area is 172 Å². The minimum absolute atomic E-state index is 0.00596. The van der Waals surface area contributed by atoms with Crippen molar-refractivity contribution in [3.63, 3.8) is 0 Å². The number of ether oxygens (including phenoxy) is 2. The van der Waals surface area contributed by atoms with E-state index in [2.05, 4.69) is 26.9 Å². The molecule has 5 nitrogen and oxygen atoms in total. The number of rotatable bonds is 7. The Bertz CT molecular complexity index is 794. The smallest absolute Gasteiger partial charge is 0.307 e. The molecule has 1 aliphatic heterocycles. The van der Waals surface area contributed by atoms with Crippen LogP contribution >= 0.6 is 27.3 Å². The van der Waals surface area contributed by atoms with Crippen LogP contribution in [-0.4, -0.2) is 42.8 Å². The number of benzene rings is 1. The van der Waals surface area contributed by atoms with Gasteiger partial charge in [0.25, 0.3) is 0 Å². The van der Waals surface area contributed by atoms with Crippen molar-refractivity contribution in [2.75, 3.05) is 26.8 Å². The number of hydrogen-bond donors (Lipinski definition) is 1. The van der Waals surface area contributed by atoms with Gasteiger partial charge < -0.3 is 14.6 Å². The van der Waals surface area contributed by atoms with Crippen LogP contribution in [0.3, 0.4) is 0 Å². The van der Waals surface area contributed by atoms with Crippen LogP contribution < -0.4 is 9.47 Å². The molecule has 1 saturated heterocycles. The van der Waals surface area contributed by atoms with E-state index in [4.69, 9.17) is 9.47 Å². The van der Waals surface area contributed by atoms with Gasteiger partial charge in [-0.05, 0) is 72.1 Å². The molecule has 1 aromatic heterocycles. The van der Waals surface area contributed by atoms with Gasteiger partial charge in [0, 0.05) is 11.4 Å². The van der Waals surface area contributed by atoms with Gasteiger partial charge >= 0.3 is 5.97 Å². The van der Waals surface area contributed by atoms with Crippen LogP contribution in [0.4, 0.5) is 0 Å². The molecule has 0 bridgehead atoms. The third-order valence-corrected chi connectivity index (χ3v) is 6.51. The predicted octanol–water partition coefficient (Wildman–Crippen LogP) is 4.80. The SMILES string of the molecule is CCOc1cc(C(c2ccc(Br)s2)N2CCCC(C(=O)O)C2)ccc1OC. The van der Waals surface area contributed by atoms with Gasteiger partial charge in [-0.25, -0.2) is 0 Å². The van der Waals surface area contributed by atoms with E-state index in [-0.39, 0.29) is 12.0 Å². The van der Waals surface area contributed by atoms with Crippen LogP contribution in [0.25, 0.3) is 0 Å². The lowest BCUT2D eigenvalue weighted by Gasteiger charge is -2.37. The number of likely N-dealkylation sites (tertiary alicyclic amines) is 1. The highest BCUT2D eigenvalue weighted by Crippen LogP contribution is 2.40. The maximum absolute atomic E-state index is 11.6. The zero-order valence-corrected chi connectivity index (χ0v) is 17.9. The van der Waals surface area contributed by atoms with E-state index < -0.39 is 5.97 Å². The van der Waals surface area contributed by atoms with Crippen molar-refractivity contribution in [3.05, 3.63) is 44.6 Å². The topological polar surface area (TPSA) is 59.0 Å². The highest BCUT2D eigenvalue weighted by molar-refractivity contribution is 9.11. The minimum Gasteiger partial charge on any atom is -0.493 e. The molecule has 7 heteroatoms. The third-order valence-electron chi connectivity index (χ3n) is 4.83. The molecule has 0 radical (unpaired) electrons. The second-order valence-electron chi connectivity index (χ2n) is 6.56. The molecule has 0 spiro atoms. The van der Waals surface area contributed by atoms with Gasteiger partial charge in [-0.2, -0.15) is 0 Å². The number of carbonyl (C=O) groups is 1. The zero-order chi connectivity index (χ0) is 19.4. The average Bonchev–Trinajstić information content (AvgIpc) is 3.08. The molecule has 2 atom stereocenters. The first kappa shape index (κ1) is 20.2. The van der Waals surface area contributed by atoms with E-state index in [1.165, 1.54) is 4.88 Å². The number of hydrogen-bond acceptors (Lipinski definition) is 5. The van der Waals surface area contributed by atoms with Crippen LogP contribution in [-0.2, 0) is 4.79 Å². The van der Waals surface area contributed by atoms with Crippen LogP contribution in [0.15, 0.2) is 34.1 Å². The summed E-state index contributed by atoms with van der Waals surface area (Å²) in [6, 6.07) is 10.1. The molecule has 0 amide bonds. The van der Waals surface area contributed by atoms with Crippen molar-refractivity contribution in [2.24, 2.45) is 5.92 Å². The Kier molecular flexibility index (Phi) is 6.78. The Morgan fingerprint density at radius 1 is 1.37 bits per heavy atom. The standard InChI is InChI=1S/C20H24BrNO4S/c1-3-26-16-11-13(6-7-15(16)25-2)19(17-8-9-18(21)27-17)22-10-4-5-14(12-22)20(23)24/h6-9,11,14,19H,3-5,10,12H2,1-2H3,(H,23,24). The molecular formula is C20H24BrNO4S. The summed E-state index contributed by atoms with van der Waals surface area (Å²) in [5, 5.41) is 9.50. The van der Waals surface area contributed by atoms with Gasteiger partial charge in [-0.3, -0.25) is 9.69 Å². The molecule has 2 heterocycles. The van der Waals surface area contributed by atoms with Gasteiger partial charge in [0.2, 0.25) is 0 Å². The molecule has 3 rings (SSSR count). The van der Waals surface area contributed by atoms with Gasteiger partial charge in [0.05, 0.1) is 29.5 Å². The average molecular weight is 454 g/mol. The summed E-state index contributed by atoms with van der Waals surface area (Å²) in [6.45, 7) is 3.92. The van der Waals surface area contributed by atoms with Crippen LogP contribution in [0.5, 0.6) is 11.5 Å². The fourth-order valence-electron chi connectivity index (χ4n) is 3.60. The molecule has 2 aromatic rings. The number of methoxy groups -OCH3 is 1. The van der Waals surface area contributed by atoms with Crippen LogP contribution in [0.1, 0.15) is 36.2 Å². The molecule has 0 aliphatic carbocycles. The first-order valence-electron chi connectivity index (χ1n) is 9.06. The predicted molar refractivity (Wildman–Crippen MR) is 110 cm³/mol. The Morgan fingerprint density at radius 2 is 2.19 bits per heavy atom. The van der Waals surface area contributed by atoms with E-state index in [1.54, 1.807) is 18.4 Å². The molecule has 146 valence electrons. The Morgan fingerprint density at radius 3 is 2.81 bits per heavy atom. The largest absolute Gasteiger partial charge is 0.493 e. The number of nitrogens with zero attached hydrogens (tertiary/aromatic N) is 1. The summed E-state index contributed by atoms with van der Waals surface area (Å²) in [5.74, 6) is 0.378. The lowest BCUT2D eigenvalue weighted by molar-refractivity contribution is -0.143. The van der Waals surface area contributed by atoms with Crippen molar-refractivity contribution in [1.29, 1.82) is 0 Å². The first-order chi connectivity index (χ1) is 13.0. The fourth-order valence-corrected chi connectivity index (χ4v) is 5.19. The van der Waals surface area contributed by atoms with Gasteiger partial charge in [0.15, 0.2) is 11.5 Å². The summed E-state index contributed by atoms with van der Waals surface area (Å²) in [7, 11) is 1.63. The molecule has 27 heavy (non-hydrogen) atoms. The third kappa shape index (κ3) is 4.65. The summed E-state index contributed by atoms with van der Waals surface area (Å²) >= 11 is 5.23. The number of carboxylic acids is 1. The lowest BCUT2D eigenvalue weighted by Crippen LogP contribution is -2.41. The van der Waals surface area contributed by atoms with Gasteiger partial charge in [0.1, 0.15) is 0 Å². The maximum Gasteiger partial charge on any atom is 0.307 e. The Hall–Kier alpha value is -1.57. The van der Waals surface area contributed by atoms with E-state index in [0.717, 1.165) is 28.7 Å². The molecule has 1 fully saturated rings. The lowest BCUT2D eigenvalue weighted by atomic mass is 9.94. The van der Waals surface area contributed by atoms with Crippen molar-refractivity contribution < 1.29 is 19.4 Å². The van der Waals surface area contributed by atoms with E-state index in [1.807, 2.05) is 31.2 Å². The number of carboxylic acid groups (broad SMARTS) is 1. The second kappa shape index (κ2) is 9.08. The highest BCUT2D eigenvalue weighted by Gasteiger charge is 2.32. The second-order valence-corrected chi connectivity index (χ2v) is 9.05. The minimum atomic E-state index is -0.712. The quantitative estimate of drug-likeness (QED) is 0.651. The monoisotopic (exact) mass is 453 g/mol. The maximum atomic E-state index is 11.6. The molecule has 1 N–H and O–H groups in total. The highest BCUT2D eigenvalue weighted by atomic mass is 79.9. The van der Waals surface area contributed by atoms with E-state index >= 15 is 0 Å². The molecule has 2 unspecified atom stereocenters. The summed E-state index contributed by atoms with van der Waals surface area (Å²) in [4.78, 5) is 15.0. The van der Waals surface area contributed by atoms with Crippen molar-refractivity contribution in [2.45, 2.75) is 25.8 Å². The number of halogens is 1. The Balaban J connectivity index is 2.00. The summed E-state index contributed by atoms with van der Waals surface area (Å²) < 4.78 is 12.2. The molecule has 0 saturated carbocycles. The summed E-state index contributed by atoms with van der Waals surface area (Å²) in [5.41, 5.74) is 1.08. The normalized spacial score (nSPS) is 18.9. The van der Waals surface area contributed by atoms with Gasteiger partial charge in [-0.1, -0.05) is 6.07 Å². The van der Waals surface area contributed by atoms with Crippen LogP contribution in [0, 0.1) is 5.92 Å². The zero-order valence-electron chi connectivity index (χ0n) is 15.5. The van der Waals surface area contributed by atoms with E-state index in [0.29, 0.717) is 24.7 Å². The van der Waals surface area contributed by atoms with Gasteiger partial charge in [-0.15, -0.1) is 11.3 Å². The number of aliphatic carboxylic acids is 1. The molecule has 1 aliphatic rings. The first-order valence-corrected chi connectivity index (χ1v) is 10.7. The van der Waals surface area contributed by atoms with E-state index in [9.17, 15) is 9.90 Å². The number of piperidine rings is 1. The van der Waals surface area contributed by atoms with Crippen molar-refractivity contribution in [1.82, 2.24) is 4.90 Å². The van der Waals surface area contributed by atoms with Crippen LogP contribution in [0.2, 0.25) is 0 Å². The molecular weight excluding hydrogens is 430 g/mol. The van der Waals surface area contributed by atoms with Crippen molar-refractivity contribution >= 4 is 33.2 Å². The summed E-state index contributed by atoms with van der Waals surface area (Å²) in [6.07, 6.45) is 1.62. The molecule has 1 aromatic carbocycles. The van der Waals surface area contributed by atoms with Crippen molar-refractivity contribution in [3.8, 4) is 11.5 Å².